The summed E-state index contributed by atoms with van der Waals surface area (Å²) < 4.78 is 0. The molecule has 15 nitrogen and oxygen atoms in total. The Hall–Kier alpha value is -3.79. The summed E-state index contributed by atoms with van der Waals surface area (Å²) in [6, 6.07) is 2.80. The number of nitro benzene ring substituents is 2. The van der Waals surface area contributed by atoms with E-state index in [1.54, 1.807) is 0 Å². The maximum Gasteiger partial charge on any atom is 0.346 e. The van der Waals surface area contributed by atoms with Crippen molar-refractivity contribution in [3.8, 4) is 0 Å². The van der Waals surface area contributed by atoms with Gasteiger partial charge < -0.3 is 26.6 Å². The summed E-state index contributed by atoms with van der Waals surface area (Å²) in [5, 5.41) is 41.8. The Morgan fingerprint density at radius 3 is 1.94 bits per heavy atom. The molecule has 0 aliphatic carbocycles. The monoisotopic (exact) mass is 475 g/mol. The van der Waals surface area contributed by atoms with Gasteiger partial charge in [-0.25, -0.2) is 0 Å². The lowest BCUT2D eigenvalue weighted by Crippen LogP contribution is -2.49. The number of carbonyl (C=O) groups is 4. The van der Waals surface area contributed by atoms with E-state index in [-0.39, 0.29) is 18.6 Å². The van der Waals surface area contributed by atoms with Crippen LogP contribution >= 0.6 is 12.6 Å². The normalized spacial score (nSPS) is 11.7. The first kappa shape index (κ1) is 28.2. The Kier molecular flexibility index (Phi) is 12.6. The van der Waals surface area contributed by atoms with Crippen LogP contribution in [0.15, 0.2) is 24.3 Å². The van der Waals surface area contributed by atoms with Crippen LogP contribution in [-0.2, 0) is 19.2 Å². The fourth-order valence-electron chi connectivity index (χ4n) is 1.93. The van der Waals surface area contributed by atoms with Gasteiger partial charge in [0.25, 0.3) is 0 Å². The predicted octanol–water partition coefficient (Wildman–Crippen LogP) is -0.703. The molecular formula is C16H21N5O10S. The first-order chi connectivity index (χ1) is 14.9. The van der Waals surface area contributed by atoms with Crippen LogP contribution in [0.5, 0.6) is 0 Å². The first-order valence-corrected chi connectivity index (χ1v) is 9.29. The lowest BCUT2D eigenvalue weighted by molar-refractivity contribution is -0.422. The number of aliphatic carboxylic acids is 2. The molecule has 1 aromatic rings. The van der Waals surface area contributed by atoms with Gasteiger partial charge in [-0.15, -0.1) is 0 Å². The average molecular weight is 475 g/mol. The van der Waals surface area contributed by atoms with E-state index in [0.717, 1.165) is 12.1 Å². The molecule has 2 unspecified atom stereocenters. The number of carboxylic acids is 2. The second-order valence-corrected chi connectivity index (χ2v) is 6.27. The lowest BCUT2D eigenvalue weighted by Gasteiger charge is -2.16. The molecule has 176 valence electrons. The number of carbonyl (C=O) groups excluding carboxylic acids is 2. The largest absolute Gasteiger partial charge is 0.480 e. The molecule has 0 spiro atoms. The number of para-hydroxylation sites is 2. The van der Waals surface area contributed by atoms with E-state index in [2.05, 4.69) is 23.3 Å². The van der Waals surface area contributed by atoms with E-state index in [1.165, 1.54) is 12.1 Å². The predicted molar refractivity (Wildman–Crippen MR) is 111 cm³/mol. The van der Waals surface area contributed by atoms with E-state index in [4.69, 9.17) is 15.9 Å². The maximum atomic E-state index is 11.5. The number of nitrogens with zero attached hydrogens (tertiary/aromatic N) is 2. The number of benzene rings is 1. The molecule has 0 aliphatic rings. The van der Waals surface area contributed by atoms with Crippen molar-refractivity contribution < 1.29 is 39.2 Å². The van der Waals surface area contributed by atoms with Gasteiger partial charge in [-0.2, -0.15) is 12.6 Å². The number of nitrogens with two attached hydrogens (primary N) is 1. The molecule has 32 heavy (non-hydrogen) atoms. The Morgan fingerprint density at radius 1 is 1.06 bits per heavy atom. The molecule has 0 aromatic heterocycles. The van der Waals surface area contributed by atoms with E-state index >= 15 is 0 Å². The first-order valence-electron chi connectivity index (χ1n) is 8.66. The van der Waals surface area contributed by atoms with Gasteiger partial charge in [0.2, 0.25) is 11.8 Å². The highest BCUT2D eigenvalue weighted by atomic mass is 32.1. The van der Waals surface area contributed by atoms with Gasteiger partial charge in [0.05, 0.1) is 9.85 Å². The maximum absolute atomic E-state index is 11.5. The number of nitrogens with one attached hydrogen (secondary N) is 2. The van der Waals surface area contributed by atoms with Gasteiger partial charge in [0, 0.05) is 24.3 Å². The SMILES string of the molecule is NC(CCC(=O)NC(CS)C(=O)NCC(=O)O)C(=O)O.O=[N+]([O-])c1ccccc1[N+](=O)[O-]. The molecule has 16 heteroatoms. The van der Waals surface area contributed by atoms with Crippen LogP contribution in [0.4, 0.5) is 11.4 Å². The van der Waals surface area contributed by atoms with Crippen molar-refractivity contribution in [3.05, 3.63) is 44.5 Å². The summed E-state index contributed by atoms with van der Waals surface area (Å²) in [6.07, 6.45) is -0.235. The van der Waals surface area contributed by atoms with Gasteiger partial charge >= 0.3 is 23.3 Å². The zero-order valence-electron chi connectivity index (χ0n) is 16.4. The molecule has 2 amide bonds. The highest BCUT2D eigenvalue weighted by Gasteiger charge is 2.22. The second kappa shape index (κ2) is 14.3. The smallest absolute Gasteiger partial charge is 0.346 e. The minimum atomic E-state index is -1.22. The molecule has 0 radical (unpaired) electrons. The third kappa shape index (κ3) is 10.8. The number of nitro groups is 2. The quantitative estimate of drug-likeness (QED) is 0.133. The summed E-state index contributed by atoms with van der Waals surface area (Å²) >= 11 is 3.87. The van der Waals surface area contributed by atoms with Crippen molar-refractivity contribution in [3.63, 3.8) is 0 Å². The van der Waals surface area contributed by atoms with Crippen LogP contribution in [-0.4, -0.2) is 68.2 Å². The minimum absolute atomic E-state index is 0.0256. The highest BCUT2D eigenvalue weighted by molar-refractivity contribution is 7.80. The van der Waals surface area contributed by atoms with Crippen molar-refractivity contribution in [2.24, 2.45) is 5.73 Å². The van der Waals surface area contributed by atoms with Crippen LogP contribution in [0.1, 0.15) is 12.8 Å². The van der Waals surface area contributed by atoms with Crippen LogP contribution in [0.2, 0.25) is 0 Å². The molecule has 0 fully saturated rings. The highest BCUT2D eigenvalue weighted by Crippen LogP contribution is 2.24. The molecular weight excluding hydrogens is 454 g/mol. The van der Waals surface area contributed by atoms with Crippen molar-refractivity contribution in [1.82, 2.24) is 10.6 Å². The molecule has 1 aromatic carbocycles. The fraction of sp³-hybridized carbons (Fsp3) is 0.375. The van der Waals surface area contributed by atoms with E-state index < -0.39 is 63.6 Å². The number of hydrogen-bond acceptors (Lipinski definition) is 10. The molecule has 0 saturated carbocycles. The van der Waals surface area contributed by atoms with Crippen LogP contribution in [0.3, 0.4) is 0 Å². The van der Waals surface area contributed by atoms with Gasteiger partial charge in [-0.05, 0) is 6.42 Å². The second-order valence-electron chi connectivity index (χ2n) is 5.90. The summed E-state index contributed by atoms with van der Waals surface area (Å²) in [6.45, 7) is -0.567. The van der Waals surface area contributed by atoms with Crippen molar-refractivity contribution >= 4 is 47.8 Å². The number of carboxylic acid groups (broad SMARTS) is 2. The van der Waals surface area contributed by atoms with E-state index in [0.29, 0.717) is 0 Å². The van der Waals surface area contributed by atoms with E-state index in [9.17, 15) is 39.4 Å². The van der Waals surface area contributed by atoms with Gasteiger partial charge in [0.1, 0.15) is 18.6 Å². The summed E-state index contributed by atoms with van der Waals surface area (Å²) in [4.78, 5) is 62.6. The van der Waals surface area contributed by atoms with Gasteiger partial charge in [-0.3, -0.25) is 39.4 Å². The molecule has 1 rings (SSSR count). The third-order valence-corrected chi connectivity index (χ3v) is 3.89. The lowest BCUT2D eigenvalue weighted by atomic mass is 10.1. The van der Waals surface area contributed by atoms with Gasteiger partial charge in [0.15, 0.2) is 0 Å². The molecule has 0 bridgehead atoms. The fourth-order valence-corrected chi connectivity index (χ4v) is 2.19. The Labute approximate surface area is 185 Å². The molecule has 0 saturated heterocycles. The van der Waals surface area contributed by atoms with Gasteiger partial charge in [-0.1, -0.05) is 12.1 Å². The number of rotatable bonds is 11. The summed E-state index contributed by atoms with van der Waals surface area (Å²) in [7, 11) is 0. The third-order valence-electron chi connectivity index (χ3n) is 3.52. The molecule has 0 aliphatic heterocycles. The molecule has 0 heterocycles. The van der Waals surface area contributed by atoms with Crippen LogP contribution in [0.25, 0.3) is 0 Å². The Bertz CT molecular complexity index is 832. The summed E-state index contributed by atoms with van der Waals surface area (Å²) in [5.74, 6) is -3.70. The van der Waals surface area contributed by atoms with Crippen molar-refractivity contribution in [2.75, 3.05) is 12.3 Å². The number of thiol groups is 1. The van der Waals surface area contributed by atoms with Crippen LogP contribution in [0, 0.1) is 20.2 Å². The number of hydrogen-bond donors (Lipinski definition) is 6. The Morgan fingerprint density at radius 2 is 1.56 bits per heavy atom. The topological polar surface area (TPSA) is 245 Å². The van der Waals surface area contributed by atoms with E-state index in [1.807, 2.05) is 0 Å². The van der Waals surface area contributed by atoms with Crippen molar-refractivity contribution in [2.45, 2.75) is 24.9 Å². The molecule has 6 N–H and O–H groups in total. The zero-order chi connectivity index (χ0) is 24.8. The average Bonchev–Trinajstić information content (AvgIpc) is 2.74. The van der Waals surface area contributed by atoms with Crippen molar-refractivity contribution in [1.29, 1.82) is 0 Å². The minimum Gasteiger partial charge on any atom is -0.480 e. The summed E-state index contributed by atoms with van der Waals surface area (Å²) in [5.41, 5.74) is 4.26. The van der Waals surface area contributed by atoms with Crippen LogP contribution < -0.4 is 16.4 Å². The molecule has 2 atom stereocenters. The standard InChI is InChI=1S/C10H17N3O6S.C6H4N2O4/c11-5(10(18)19)1-2-7(14)13-6(4-20)9(17)12-3-8(15)16;9-7(10)5-3-1-2-4-6(5)8(11)12/h5-6,20H,1-4,11H2,(H,12,17)(H,13,14)(H,15,16)(H,18,19);1-4H. The zero-order valence-corrected chi connectivity index (χ0v) is 17.3. The Balaban J connectivity index is 0.000000677. The number of amides is 2.